The molecule has 0 fully saturated rings. The van der Waals surface area contributed by atoms with E-state index >= 15 is 0 Å². The average molecular weight is 368 g/mol. The van der Waals surface area contributed by atoms with Gasteiger partial charge in [-0.3, -0.25) is 4.79 Å². The van der Waals surface area contributed by atoms with E-state index in [2.05, 4.69) is 4.72 Å². The average Bonchev–Trinajstić information content (AvgIpc) is 3.05. The third-order valence-corrected chi connectivity index (χ3v) is 6.34. The van der Waals surface area contributed by atoms with Gasteiger partial charge in [-0.15, -0.1) is 11.3 Å². The molecular weight excluding hydrogens is 348 g/mol. The van der Waals surface area contributed by atoms with Crippen LogP contribution in [0.4, 0.5) is 0 Å². The summed E-state index contributed by atoms with van der Waals surface area (Å²) < 4.78 is 33.1. The van der Waals surface area contributed by atoms with Crippen molar-refractivity contribution in [3.05, 3.63) is 46.8 Å². The number of nitrogens with one attached hydrogen (secondary N) is 1. The van der Waals surface area contributed by atoms with Crippen LogP contribution in [0.3, 0.4) is 0 Å². The Balaban J connectivity index is 2.19. The number of nitrogens with two attached hydrogens (primary N) is 1. The predicted octanol–water partition coefficient (Wildman–Crippen LogP) is 2.68. The summed E-state index contributed by atoms with van der Waals surface area (Å²) >= 11 is 0.970. The molecular formula is C16H20N2O4S2. The van der Waals surface area contributed by atoms with Crippen LogP contribution in [0.25, 0.3) is 0 Å². The van der Waals surface area contributed by atoms with Crippen LogP contribution >= 0.6 is 11.3 Å². The zero-order chi connectivity index (χ0) is 17.7. The van der Waals surface area contributed by atoms with Crippen LogP contribution in [0.15, 0.2) is 39.9 Å². The molecule has 130 valence electrons. The van der Waals surface area contributed by atoms with Gasteiger partial charge in [0.15, 0.2) is 0 Å². The number of hydrogen-bond donors (Lipinski definition) is 2. The largest absolute Gasteiger partial charge is 0.494 e. The molecule has 3 N–H and O–H groups in total. The monoisotopic (exact) mass is 368 g/mol. The Hall–Kier alpha value is -1.90. The van der Waals surface area contributed by atoms with Crippen molar-refractivity contribution < 1.29 is 17.9 Å². The minimum Gasteiger partial charge on any atom is -0.494 e. The van der Waals surface area contributed by atoms with E-state index < -0.39 is 15.9 Å². The summed E-state index contributed by atoms with van der Waals surface area (Å²) in [5.41, 5.74) is 6.20. The van der Waals surface area contributed by atoms with Crippen LogP contribution in [-0.4, -0.2) is 20.9 Å². The second-order valence-electron chi connectivity index (χ2n) is 5.10. The van der Waals surface area contributed by atoms with E-state index in [1.165, 1.54) is 11.4 Å². The summed E-state index contributed by atoms with van der Waals surface area (Å²) in [5.74, 6) is 0.0922. The molecule has 1 atom stereocenters. The highest BCUT2D eigenvalue weighted by molar-refractivity contribution is 7.91. The molecule has 0 bridgehead atoms. The van der Waals surface area contributed by atoms with E-state index in [1.54, 1.807) is 0 Å². The summed E-state index contributed by atoms with van der Waals surface area (Å²) in [4.78, 5) is 11.1. The zero-order valence-electron chi connectivity index (χ0n) is 13.5. The normalized spacial score (nSPS) is 12.8. The lowest BCUT2D eigenvalue weighted by molar-refractivity contribution is 0.100. The van der Waals surface area contributed by atoms with E-state index in [9.17, 15) is 13.2 Å². The highest BCUT2D eigenvalue weighted by Crippen LogP contribution is 2.25. The van der Waals surface area contributed by atoms with Crippen molar-refractivity contribution in [2.45, 2.75) is 30.5 Å². The van der Waals surface area contributed by atoms with E-state index in [0.29, 0.717) is 13.0 Å². The van der Waals surface area contributed by atoms with Gasteiger partial charge in [0.25, 0.3) is 10.0 Å². The smallest absolute Gasteiger partial charge is 0.250 e. The van der Waals surface area contributed by atoms with Gasteiger partial charge in [0.1, 0.15) is 9.96 Å². The Morgan fingerprint density at radius 2 is 1.96 bits per heavy atom. The molecule has 6 nitrogen and oxygen atoms in total. The third kappa shape index (κ3) is 4.34. The number of thiophene rings is 1. The van der Waals surface area contributed by atoms with Gasteiger partial charge >= 0.3 is 0 Å². The fourth-order valence-electron chi connectivity index (χ4n) is 2.18. The number of carbonyl (C=O) groups is 1. The molecule has 0 aliphatic carbocycles. The number of rotatable bonds is 8. The lowest BCUT2D eigenvalue weighted by Gasteiger charge is -2.17. The lowest BCUT2D eigenvalue weighted by Crippen LogP contribution is -2.27. The number of carbonyl (C=O) groups excluding carboxylic acids is 1. The van der Waals surface area contributed by atoms with E-state index in [4.69, 9.17) is 10.5 Å². The predicted molar refractivity (Wildman–Crippen MR) is 93.8 cm³/mol. The molecule has 24 heavy (non-hydrogen) atoms. The highest BCUT2D eigenvalue weighted by atomic mass is 32.2. The Labute approximate surface area is 145 Å². The molecule has 0 saturated heterocycles. The summed E-state index contributed by atoms with van der Waals surface area (Å²) in [5, 5.41) is 1.44. The Kier molecular flexibility index (Phi) is 5.98. The zero-order valence-corrected chi connectivity index (χ0v) is 15.1. The van der Waals surface area contributed by atoms with Crippen molar-refractivity contribution in [1.29, 1.82) is 0 Å². The number of benzene rings is 1. The molecule has 8 heteroatoms. The molecule has 1 unspecified atom stereocenters. The highest BCUT2D eigenvalue weighted by Gasteiger charge is 2.22. The van der Waals surface area contributed by atoms with Crippen molar-refractivity contribution >= 4 is 27.3 Å². The van der Waals surface area contributed by atoms with Gasteiger partial charge in [0.2, 0.25) is 5.91 Å². The molecule has 0 aliphatic heterocycles. The second-order valence-corrected chi connectivity index (χ2v) is 7.95. The molecule has 1 aromatic heterocycles. The number of hydrogen-bond acceptors (Lipinski definition) is 5. The fraction of sp³-hybridized carbons (Fsp3) is 0.312. The minimum absolute atomic E-state index is 0.0701. The fourth-order valence-corrected chi connectivity index (χ4v) is 4.68. The minimum atomic E-state index is -3.72. The van der Waals surface area contributed by atoms with Crippen LogP contribution in [-0.2, 0) is 10.0 Å². The Morgan fingerprint density at radius 1 is 1.29 bits per heavy atom. The molecule has 0 aliphatic rings. The SMILES string of the molecule is CCOc1ccc(C(CC)NS(=O)(=O)c2cc(C(N)=O)cs2)cc1. The first-order chi connectivity index (χ1) is 11.4. The number of primary amides is 1. The molecule has 1 aromatic carbocycles. The van der Waals surface area contributed by atoms with Crippen LogP contribution in [0.2, 0.25) is 0 Å². The standard InChI is InChI=1S/C16H20N2O4S2/c1-3-14(11-5-7-13(8-6-11)22-4-2)18-24(20,21)15-9-12(10-23-15)16(17)19/h5-10,14,18H,3-4H2,1-2H3,(H2,17,19). The summed E-state index contributed by atoms with van der Waals surface area (Å²) in [6.07, 6.45) is 0.585. The van der Waals surface area contributed by atoms with Crippen LogP contribution in [0, 0.1) is 0 Å². The summed E-state index contributed by atoms with van der Waals surface area (Å²) in [7, 11) is -3.72. The quantitative estimate of drug-likeness (QED) is 0.748. The summed E-state index contributed by atoms with van der Waals surface area (Å²) in [6, 6.07) is 8.22. The van der Waals surface area contributed by atoms with Crippen LogP contribution in [0.5, 0.6) is 5.75 Å². The van der Waals surface area contributed by atoms with Gasteiger partial charge in [-0.05, 0) is 37.1 Å². The molecule has 1 heterocycles. The molecule has 0 spiro atoms. The van der Waals surface area contributed by atoms with Gasteiger partial charge in [-0.25, -0.2) is 13.1 Å². The van der Waals surface area contributed by atoms with Crippen molar-refractivity contribution in [2.24, 2.45) is 5.73 Å². The van der Waals surface area contributed by atoms with E-state index in [1.807, 2.05) is 38.1 Å². The third-order valence-electron chi connectivity index (χ3n) is 3.42. The van der Waals surface area contributed by atoms with Gasteiger partial charge in [-0.2, -0.15) is 0 Å². The maximum Gasteiger partial charge on any atom is 0.250 e. The first kappa shape index (κ1) is 18.4. The number of sulfonamides is 1. The van der Waals surface area contributed by atoms with Crippen molar-refractivity contribution in [3.8, 4) is 5.75 Å². The Morgan fingerprint density at radius 3 is 2.46 bits per heavy atom. The van der Waals surface area contributed by atoms with Crippen molar-refractivity contribution in [1.82, 2.24) is 4.72 Å². The van der Waals surface area contributed by atoms with E-state index in [0.717, 1.165) is 22.6 Å². The molecule has 0 radical (unpaired) electrons. The van der Waals surface area contributed by atoms with Gasteiger partial charge in [-0.1, -0.05) is 19.1 Å². The van der Waals surface area contributed by atoms with Crippen LogP contribution < -0.4 is 15.2 Å². The van der Waals surface area contributed by atoms with E-state index in [-0.39, 0.29) is 15.8 Å². The van der Waals surface area contributed by atoms with Crippen LogP contribution in [0.1, 0.15) is 42.2 Å². The van der Waals surface area contributed by atoms with Gasteiger partial charge < -0.3 is 10.5 Å². The lowest BCUT2D eigenvalue weighted by atomic mass is 10.1. The van der Waals surface area contributed by atoms with Crippen molar-refractivity contribution in [2.75, 3.05) is 6.61 Å². The van der Waals surface area contributed by atoms with Crippen molar-refractivity contribution in [3.63, 3.8) is 0 Å². The van der Waals surface area contributed by atoms with Gasteiger partial charge in [0.05, 0.1) is 12.2 Å². The topological polar surface area (TPSA) is 98.5 Å². The molecule has 2 aromatic rings. The maximum absolute atomic E-state index is 12.5. The van der Waals surface area contributed by atoms with Gasteiger partial charge in [0, 0.05) is 11.4 Å². The first-order valence-electron chi connectivity index (χ1n) is 7.50. The summed E-state index contributed by atoms with van der Waals surface area (Å²) in [6.45, 7) is 4.37. The molecule has 2 rings (SSSR count). The second kappa shape index (κ2) is 7.78. The number of amides is 1. The molecule has 0 saturated carbocycles. The number of ether oxygens (including phenoxy) is 1. The first-order valence-corrected chi connectivity index (χ1v) is 9.87. The Bertz CT molecular complexity index is 798. The maximum atomic E-state index is 12.5. The molecule has 1 amide bonds.